The number of hydrogen-bond acceptors (Lipinski definition) is 4. The number of aromatic nitrogens is 1. The minimum absolute atomic E-state index is 0.0887. The average Bonchev–Trinajstić information content (AvgIpc) is 2.37. The van der Waals surface area contributed by atoms with Gasteiger partial charge in [0.25, 0.3) is 5.91 Å². The number of nitrogen functional groups attached to an aromatic ring is 1. The standard InChI is InChI=1S/C13H13FN4O/c1-7-8(14)3-2-4-10(7)17-13-9(15)5-6-11(18-13)12(16)19/h2-6H,15H2,1H3,(H2,16,19)(H,17,18). The normalized spacial score (nSPS) is 10.2. The summed E-state index contributed by atoms with van der Waals surface area (Å²) < 4.78 is 13.4. The molecule has 1 aromatic heterocycles. The van der Waals surface area contributed by atoms with Gasteiger partial charge in [-0.15, -0.1) is 0 Å². The van der Waals surface area contributed by atoms with Crippen LogP contribution in [0, 0.1) is 12.7 Å². The zero-order chi connectivity index (χ0) is 14.0. The van der Waals surface area contributed by atoms with Crippen molar-refractivity contribution in [3.05, 3.63) is 47.4 Å². The Morgan fingerprint density at radius 1 is 1.32 bits per heavy atom. The van der Waals surface area contributed by atoms with E-state index in [1.165, 1.54) is 18.2 Å². The van der Waals surface area contributed by atoms with Crippen molar-refractivity contribution in [3.8, 4) is 0 Å². The van der Waals surface area contributed by atoms with Gasteiger partial charge in [0, 0.05) is 11.3 Å². The molecule has 0 saturated carbocycles. The highest BCUT2D eigenvalue weighted by molar-refractivity contribution is 5.92. The number of halogens is 1. The Labute approximate surface area is 109 Å². The molecule has 0 spiro atoms. The lowest BCUT2D eigenvalue weighted by molar-refractivity contribution is 0.0996. The molecule has 0 radical (unpaired) electrons. The van der Waals surface area contributed by atoms with Gasteiger partial charge in [0.15, 0.2) is 5.82 Å². The van der Waals surface area contributed by atoms with Gasteiger partial charge in [-0.1, -0.05) is 6.07 Å². The van der Waals surface area contributed by atoms with Gasteiger partial charge in [0.1, 0.15) is 11.5 Å². The minimum Gasteiger partial charge on any atom is -0.396 e. The maximum absolute atomic E-state index is 13.4. The van der Waals surface area contributed by atoms with Crippen LogP contribution in [0.3, 0.4) is 0 Å². The number of carbonyl (C=O) groups is 1. The molecule has 0 saturated heterocycles. The van der Waals surface area contributed by atoms with Crippen LogP contribution in [-0.2, 0) is 0 Å². The molecule has 0 bridgehead atoms. The van der Waals surface area contributed by atoms with E-state index < -0.39 is 5.91 Å². The Balaban J connectivity index is 2.40. The molecule has 0 aliphatic rings. The SMILES string of the molecule is Cc1c(F)cccc1Nc1nc(C(N)=O)ccc1N. The molecule has 2 rings (SSSR count). The van der Waals surface area contributed by atoms with E-state index in [1.807, 2.05) is 0 Å². The summed E-state index contributed by atoms with van der Waals surface area (Å²) in [5.74, 6) is -0.723. The van der Waals surface area contributed by atoms with E-state index in [9.17, 15) is 9.18 Å². The summed E-state index contributed by atoms with van der Waals surface area (Å²) >= 11 is 0. The van der Waals surface area contributed by atoms with E-state index in [2.05, 4.69) is 10.3 Å². The van der Waals surface area contributed by atoms with Crippen molar-refractivity contribution < 1.29 is 9.18 Å². The van der Waals surface area contributed by atoms with E-state index in [4.69, 9.17) is 11.5 Å². The van der Waals surface area contributed by atoms with Crippen LogP contribution in [0.2, 0.25) is 0 Å². The van der Waals surface area contributed by atoms with Gasteiger partial charge < -0.3 is 16.8 Å². The van der Waals surface area contributed by atoms with Gasteiger partial charge in [-0.05, 0) is 31.2 Å². The molecule has 5 N–H and O–H groups in total. The molecule has 5 nitrogen and oxygen atoms in total. The summed E-state index contributed by atoms with van der Waals surface area (Å²) in [6.45, 7) is 1.63. The molecule has 1 aromatic carbocycles. The van der Waals surface area contributed by atoms with Crippen LogP contribution >= 0.6 is 0 Å². The lowest BCUT2D eigenvalue weighted by Gasteiger charge is -2.11. The first-order chi connectivity index (χ1) is 8.99. The van der Waals surface area contributed by atoms with Crippen molar-refractivity contribution in [2.75, 3.05) is 11.1 Å². The number of carbonyl (C=O) groups excluding carboxylic acids is 1. The number of primary amides is 1. The summed E-state index contributed by atoms with van der Waals surface area (Å²) in [4.78, 5) is 15.1. The zero-order valence-electron chi connectivity index (χ0n) is 10.3. The quantitative estimate of drug-likeness (QED) is 0.786. The molecule has 0 atom stereocenters. The van der Waals surface area contributed by atoms with Crippen LogP contribution in [0.15, 0.2) is 30.3 Å². The largest absolute Gasteiger partial charge is 0.396 e. The minimum atomic E-state index is -0.654. The Kier molecular flexibility index (Phi) is 3.33. The summed E-state index contributed by atoms with van der Waals surface area (Å²) in [6, 6.07) is 7.57. The van der Waals surface area contributed by atoms with E-state index in [-0.39, 0.29) is 17.3 Å². The molecule has 1 amide bonds. The van der Waals surface area contributed by atoms with Crippen molar-refractivity contribution in [2.45, 2.75) is 6.92 Å². The third kappa shape index (κ3) is 2.62. The summed E-state index contributed by atoms with van der Waals surface area (Å²) in [6.07, 6.45) is 0. The first kappa shape index (κ1) is 12.8. The van der Waals surface area contributed by atoms with Crippen molar-refractivity contribution in [1.82, 2.24) is 4.98 Å². The van der Waals surface area contributed by atoms with Crippen molar-refractivity contribution in [3.63, 3.8) is 0 Å². The molecule has 0 aliphatic heterocycles. The maximum Gasteiger partial charge on any atom is 0.267 e. The molecular formula is C13H13FN4O. The summed E-state index contributed by atoms with van der Waals surface area (Å²) in [7, 11) is 0. The molecule has 2 aromatic rings. The fourth-order valence-corrected chi connectivity index (χ4v) is 1.58. The summed E-state index contributed by atoms with van der Waals surface area (Å²) in [5.41, 5.74) is 12.3. The molecule has 0 fully saturated rings. The molecule has 0 unspecified atom stereocenters. The average molecular weight is 260 g/mol. The fraction of sp³-hybridized carbons (Fsp3) is 0.0769. The van der Waals surface area contributed by atoms with Crippen molar-refractivity contribution in [2.24, 2.45) is 5.73 Å². The van der Waals surface area contributed by atoms with Gasteiger partial charge in [0.05, 0.1) is 5.69 Å². The highest BCUT2D eigenvalue weighted by Crippen LogP contribution is 2.24. The van der Waals surface area contributed by atoms with Gasteiger partial charge in [-0.25, -0.2) is 9.37 Å². The van der Waals surface area contributed by atoms with Crippen LogP contribution in [0.5, 0.6) is 0 Å². The second-order valence-electron chi connectivity index (χ2n) is 4.04. The first-order valence-electron chi connectivity index (χ1n) is 5.57. The number of nitrogens with zero attached hydrogens (tertiary/aromatic N) is 1. The molecule has 6 heteroatoms. The second kappa shape index (κ2) is 4.93. The number of anilines is 3. The van der Waals surface area contributed by atoms with Gasteiger partial charge >= 0.3 is 0 Å². The highest BCUT2D eigenvalue weighted by atomic mass is 19.1. The second-order valence-corrected chi connectivity index (χ2v) is 4.04. The Morgan fingerprint density at radius 3 is 2.74 bits per heavy atom. The van der Waals surface area contributed by atoms with Gasteiger partial charge in [-0.3, -0.25) is 4.79 Å². The van der Waals surface area contributed by atoms with E-state index >= 15 is 0 Å². The Bertz CT molecular complexity index is 643. The number of pyridine rings is 1. The third-order valence-corrected chi connectivity index (χ3v) is 2.70. The van der Waals surface area contributed by atoms with E-state index in [0.29, 0.717) is 16.9 Å². The maximum atomic E-state index is 13.4. The monoisotopic (exact) mass is 260 g/mol. The Morgan fingerprint density at radius 2 is 2.05 bits per heavy atom. The Hall–Kier alpha value is -2.63. The molecular weight excluding hydrogens is 247 g/mol. The predicted molar refractivity (Wildman–Crippen MR) is 71.6 cm³/mol. The third-order valence-electron chi connectivity index (χ3n) is 2.70. The number of benzene rings is 1. The number of nitrogens with two attached hydrogens (primary N) is 2. The van der Waals surface area contributed by atoms with Gasteiger partial charge in [-0.2, -0.15) is 0 Å². The van der Waals surface area contributed by atoms with Crippen molar-refractivity contribution in [1.29, 1.82) is 0 Å². The summed E-state index contributed by atoms with van der Waals surface area (Å²) in [5, 5.41) is 2.89. The highest BCUT2D eigenvalue weighted by Gasteiger charge is 2.09. The van der Waals surface area contributed by atoms with Crippen LogP contribution in [-0.4, -0.2) is 10.9 Å². The number of rotatable bonds is 3. The smallest absolute Gasteiger partial charge is 0.267 e. The lowest BCUT2D eigenvalue weighted by Crippen LogP contribution is -2.14. The number of amides is 1. The molecule has 0 aliphatic carbocycles. The van der Waals surface area contributed by atoms with Crippen LogP contribution in [0.1, 0.15) is 16.1 Å². The topological polar surface area (TPSA) is 94.0 Å². The van der Waals surface area contributed by atoms with Crippen LogP contribution in [0.25, 0.3) is 0 Å². The number of nitrogens with one attached hydrogen (secondary N) is 1. The van der Waals surface area contributed by atoms with E-state index in [1.54, 1.807) is 19.1 Å². The lowest BCUT2D eigenvalue weighted by atomic mass is 10.2. The molecule has 1 heterocycles. The van der Waals surface area contributed by atoms with Gasteiger partial charge in [0.2, 0.25) is 0 Å². The van der Waals surface area contributed by atoms with E-state index in [0.717, 1.165) is 0 Å². The van der Waals surface area contributed by atoms with Crippen LogP contribution < -0.4 is 16.8 Å². The zero-order valence-corrected chi connectivity index (χ0v) is 10.3. The van der Waals surface area contributed by atoms with Crippen molar-refractivity contribution >= 4 is 23.1 Å². The van der Waals surface area contributed by atoms with Crippen LogP contribution in [0.4, 0.5) is 21.6 Å². The first-order valence-corrected chi connectivity index (χ1v) is 5.57. The number of hydrogen-bond donors (Lipinski definition) is 3. The molecule has 19 heavy (non-hydrogen) atoms. The predicted octanol–water partition coefficient (Wildman–Crippen LogP) is 1.95. The fourth-order valence-electron chi connectivity index (χ4n) is 1.58. The molecule has 98 valence electrons.